The molecule has 4 heterocycles. The molecule has 0 bridgehead atoms. The maximum atomic E-state index is 5.90. The topological polar surface area (TPSA) is 46.0 Å². The third kappa shape index (κ3) is 3.93. The summed E-state index contributed by atoms with van der Waals surface area (Å²) in [6.45, 7) is 8.48. The van der Waals surface area contributed by atoms with E-state index in [-0.39, 0.29) is 12.1 Å². The standard InChI is InChI=1S/C27H26BrN5S/c1-16-10-12-30-24(13-16)32-18(3)15-21(19(32)4)26-25(23-7-5-6-11-29-23)31-27(34)33(26)20-8-9-22(28)17(2)14-20/h5-15,25-26H,1-4H3,(H,31,34). The summed E-state index contributed by atoms with van der Waals surface area (Å²) >= 11 is 9.53. The van der Waals surface area contributed by atoms with Crippen LogP contribution in [-0.4, -0.2) is 19.6 Å². The van der Waals surface area contributed by atoms with Crippen LogP contribution >= 0.6 is 28.1 Å². The third-order valence-electron chi connectivity index (χ3n) is 6.44. The minimum atomic E-state index is -0.0860. The third-order valence-corrected chi connectivity index (χ3v) is 7.64. The Morgan fingerprint density at radius 2 is 1.76 bits per heavy atom. The number of nitrogens with one attached hydrogen (secondary N) is 1. The number of aromatic nitrogens is 3. The Hall–Kier alpha value is -3.03. The van der Waals surface area contributed by atoms with Crippen molar-refractivity contribution in [3.63, 3.8) is 0 Å². The highest BCUT2D eigenvalue weighted by atomic mass is 79.9. The summed E-state index contributed by atoms with van der Waals surface area (Å²) in [5.74, 6) is 0.926. The minimum Gasteiger partial charge on any atom is -0.351 e. The molecule has 172 valence electrons. The number of hydrogen-bond donors (Lipinski definition) is 1. The fourth-order valence-electron chi connectivity index (χ4n) is 4.81. The van der Waals surface area contributed by atoms with E-state index in [1.54, 1.807) is 0 Å². The van der Waals surface area contributed by atoms with E-state index in [2.05, 4.69) is 105 Å². The van der Waals surface area contributed by atoms with Crippen LogP contribution in [0.2, 0.25) is 0 Å². The van der Waals surface area contributed by atoms with Crippen LogP contribution in [0.3, 0.4) is 0 Å². The van der Waals surface area contributed by atoms with Crippen LogP contribution in [-0.2, 0) is 0 Å². The molecule has 1 aromatic carbocycles. The van der Waals surface area contributed by atoms with E-state index in [4.69, 9.17) is 12.2 Å². The molecule has 2 unspecified atom stereocenters. The van der Waals surface area contributed by atoms with E-state index in [1.165, 1.54) is 11.1 Å². The van der Waals surface area contributed by atoms with Gasteiger partial charge >= 0.3 is 0 Å². The molecule has 0 spiro atoms. The molecule has 1 aliphatic heterocycles. The number of benzene rings is 1. The molecular weight excluding hydrogens is 506 g/mol. The van der Waals surface area contributed by atoms with Gasteiger partial charge in [-0.2, -0.15) is 0 Å². The first-order valence-corrected chi connectivity index (χ1v) is 12.4. The number of pyridine rings is 2. The van der Waals surface area contributed by atoms with Gasteiger partial charge in [0, 0.05) is 33.9 Å². The number of nitrogens with zero attached hydrogens (tertiary/aromatic N) is 4. The largest absolute Gasteiger partial charge is 0.351 e. The van der Waals surface area contributed by atoms with E-state index in [0.717, 1.165) is 38.6 Å². The molecule has 1 saturated heterocycles. The van der Waals surface area contributed by atoms with Gasteiger partial charge in [-0.15, -0.1) is 0 Å². The molecule has 5 rings (SSSR count). The molecule has 0 amide bonds. The van der Waals surface area contributed by atoms with E-state index in [0.29, 0.717) is 5.11 Å². The number of thiocarbonyl (C=S) groups is 1. The van der Waals surface area contributed by atoms with Gasteiger partial charge in [-0.05, 0) is 105 Å². The summed E-state index contributed by atoms with van der Waals surface area (Å²) in [5.41, 5.74) is 7.84. The van der Waals surface area contributed by atoms with Crippen molar-refractivity contribution in [1.29, 1.82) is 0 Å². The maximum Gasteiger partial charge on any atom is 0.174 e. The van der Waals surface area contributed by atoms with Crippen molar-refractivity contribution in [1.82, 2.24) is 19.9 Å². The smallest absolute Gasteiger partial charge is 0.174 e. The molecule has 5 nitrogen and oxygen atoms in total. The monoisotopic (exact) mass is 531 g/mol. The highest BCUT2D eigenvalue weighted by Gasteiger charge is 2.42. The summed E-state index contributed by atoms with van der Waals surface area (Å²) in [7, 11) is 0. The van der Waals surface area contributed by atoms with Crippen molar-refractivity contribution in [2.45, 2.75) is 39.8 Å². The van der Waals surface area contributed by atoms with Gasteiger partial charge in [0.15, 0.2) is 5.11 Å². The fraction of sp³-hybridized carbons (Fsp3) is 0.222. The first kappa shape index (κ1) is 22.7. The van der Waals surface area contributed by atoms with E-state index >= 15 is 0 Å². The molecular formula is C27H26BrN5S. The zero-order valence-electron chi connectivity index (χ0n) is 19.6. The number of rotatable bonds is 4. The molecule has 0 aliphatic carbocycles. The Balaban J connectivity index is 1.69. The Bertz CT molecular complexity index is 1380. The highest BCUT2D eigenvalue weighted by molar-refractivity contribution is 9.10. The average Bonchev–Trinajstić information content (AvgIpc) is 3.31. The zero-order chi connectivity index (χ0) is 24.0. The minimum absolute atomic E-state index is 0.0623. The second kappa shape index (κ2) is 8.96. The van der Waals surface area contributed by atoms with Crippen LogP contribution in [0, 0.1) is 27.7 Å². The molecule has 4 aromatic rings. The zero-order valence-corrected chi connectivity index (χ0v) is 22.0. The lowest BCUT2D eigenvalue weighted by Gasteiger charge is -2.28. The molecule has 1 aliphatic rings. The van der Waals surface area contributed by atoms with Crippen molar-refractivity contribution in [2.24, 2.45) is 0 Å². The van der Waals surface area contributed by atoms with Gasteiger partial charge in [0.05, 0.1) is 17.8 Å². The first-order valence-electron chi connectivity index (χ1n) is 11.2. The summed E-state index contributed by atoms with van der Waals surface area (Å²) in [6, 6.07) is 18.6. The maximum absolute atomic E-state index is 5.90. The Morgan fingerprint density at radius 1 is 0.941 bits per heavy atom. The number of halogens is 1. The van der Waals surface area contributed by atoms with Crippen molar-refractivity contribution in [3.8, 4) is 5.82 Å². The fourth-order valence-corrected chi connectivity index (χ4v) is 5.40. The molecule has 0 radical (unpaired) electrons. The molecule has 1 N–H and O–H groups in total. The molecule has 0 saturated carbocycles. The lowest BCUT2D eigenvalue weighted by atomic mass is 9.96. The predicted molar refractivity (Wildman–Crippen MR) is 145 cm³/mol. The lowest BCUT2D eigenvalue weighted by molar-refractivity contribution is 0.565. The van der Waals surface area contributed by atoms with Crippen LogP contribution in [0.5, 0.6) is 0 Å². The van der Waals surface area contributed by atoms with Crippen LogP contribution in [0.25, 0.3) is 5.82 Å². The van der Waals surface area contributed by atoms with Gasteiger partial charge in [0.25, 0.3) is 0 Å². The first-order chi connectivity index (χ1) is 16.3. The number of anilines is 1. The Kier molecular flexibility index (Phi) is 6.00. The predicted octanol–water partition coefficient (Wildman–Crippen LogP) is 6.44. The SMILES string of the molecule is Cc1ccnc(-n2c(C)cc(C3C(c4ccccn4)NC(=S)N3c3ccc(Br)c(C)c3)c2C)c1. The van der Waals surface area contributed by atoms with Gasteiger partial charge in [-0.1, -0.05) is 22.0 Å². The summed E-state index contributed by atoms with van der Waals surface area (Å²) < 4.78 is 3.31. The number of hydrogen-bond acceptors (Lipinski definition) is 3. The average molecular weight is 533 g/mol. The second-order valence-corrected chi connectivity index (χ2v) is 10.0. The summed E-state index contributed by atoms with van der Waals surface area (Å²) in [5, 5.41) is 4.26. The second-order valence-electron chi connectivity index (χ2n) is 8.78. The van der Waals surface area contributed by atoms with E-state index in [9.17, 15) is 0 Å². The van der Waals surface area contributed by atoms with Gasteiger partial charge in [-0.25, -0.2) is 4.98 Å². The molecule has 7 heteroatoms. The van der Waals surface area contributed by atoms with Crippen molar-refractivity contribution >= 4 is 38.9 Å². The Morgan fingerprint density at radius 3 is 2.47 bits per heavy atom. The molecule has 1 fully saturated rings. The number of aryl methyl sites for hydroxylation is 3. The highest BCUT2D eigenvalue weighted by Crippen LogP contribution is 2.44. The van der Waals surface area contributed by atoms with Crippen LogP contribution < -0.4 is 10.2 Å². The summed E-state index contributed by atoms with van der Waals surface area (Å²) in [6.07, 6.45) is 3.70. The van der Waals surface area contributed by atoms with Crippen molar-refractivity contribution in [2.75, 3.05) is 4.90 Å². The quantitative estimate of drug-likeness (QED) is 0.307. The molecule has 3 aromatic heterocycles. The molecule has 34 heavy (non-hydrogen) atoms. The summed E-state index contributed by atoms with van der Waals surface area (Å²) in [4.78, 5) is 11.6. The van der Waals surface area contributed by atoms with E-state index < -0.39 is 0 Å². The van der Waals surface area contributed by atoms with Gasteiger partial charge in [-0.3, -0.25) is 4.98 Å². The van der Waals surface area contributed by atoms with Crippen LogP contribution in [0.1, 0.15) is 45.9 Å². The van der Waals surface area contributed by atoms with Gasteiger partial charge < -0.3 is 14.8 Å². The van der Waals surface area contributed by atoms with Gasteiger partial charge in [0.1, 0.15) is 5.82 Å². The van der Waals surface area contributed by atoms with Gasteiger partial charge in [0.2, 0.25) is 0 Å². The lowest BCUT2D eigenvalue weighted by Crippen LogP contribution is -2.29. The Labute approximate surface area is 214 Å². The van der Waals surface area contributed by atoms with Crippen molar-refractivity contribution < 1.29 is 0 Å². The normalized spacial score (nSPS) is 17.8. The molecule has 2 atom stereocenters. The van der Waals surface area contributed by atoms with Crippen LogP contribution in [0.4, 0.5) is 5.69 Å². The van der Waals surface area contributed by atoms with Crippen LogP contribution in [0.15, 0.2) is 71.5 Å². The van der Waals surface area contributed by atoms with Crippen molar-refractivity contribution in [3.05, 3.63) is 105 Å². The van der Waals surface area contributed by atoms with E-state index in [1.807, 2.05) is 30.6 Å².